The van der Waals surface area contributed by atoms with Crippen molar-refractivity contribution in [1.82, 2.24) is 4.90 Å². The molecule has 1 saturated heterocycles. The number of carbonyl (C=O) groups excluding carboxylic acids is 3. The van der Waals surface area contributed by atoms with Crippen molar-refractivity contribution in [2.45, 2.75) is 59.5 Å². The molecule has 1 heterocycles. The van der Waals surface area contributed by atoms with E-state index in [1.165, 1.54) is 0 Å². The maximum Gasteiger partial charge on any atom is 0.219 e. The second-order valence-electron chi connectivity index (χ2n) is 7.92. The van der Waals surface area contributed by atoms with Crippen LogP contribution in [0.4, 0.5) is 0 Å². The average Bonchev–Trinajstić information content (AvgIpc) is 2.71. The fraction of sp³-hybridized carbons (Fsp3) is 0.609. The fourth-order valence-corrected chi connectivity index (χ4v) is 3.75. The topological polar surface area (TPSA) is 72.9 Å². The van der Waals surface area contributed by atoms with E-state index in [9.17, 15) is 14.4 Å². The molecule has 2 rings (SSSR count). The molecule has 1 amide bonds. The zero-order valence-corrected chi connectivity index (χ0v) is 18.2. The highest BCUT2D eigenvalue weighted by Gasteiger charge is 2.26. The smallest absolute Gasteiger partial charge is 0.219 e. The molecule has 0 unspecified atom stereocenters. The van der Waals surface area contributed by atoms with Gasteiger partial charge in [0.05, 0.1) is 7.11 Å². The number of carbonyl (C=O) groups is 3. The van der Waals surface area contributed by atoms with Gasteiger partial charge >= 0.3 is 0 Å². The summed E-state index contributed by atoms with van der Waals surface area (Å²) in [7, 11) is 1.55. The van der Waals surface area contributed by atoms with Gasteiger partial charge in [0.25, 0.3) is 0 Å². The first-order valence-corrected chi connectivity index (χ1v) is 10.4. The molecular weight excluding hydrogens is 370 g/mol. The lowest BCUT2D eigenvalue weighted by molar-refractivity contribution is -0.130. The molecule has 0 spiro atoms. The number of Topliss-reactive ketones (excluding diaryl/α,β-unsaturated/α-hetero) is 2. The summed E-state index contributed by atoms with van der Waals surface area (Å²) in [5.41, 5.74) is 0.523. The molecule has 1 aromatic carbocycles. The van der Waals surface area contributed by atoms with Gasteiger partial charge in [0.1, 0.15) is 11.9 Å². The highest BCUT2D eigenvalue weighted by atomic mass is 16.5. The summed E-state index contributed by atoms with van der Waals surface area (Å²) >= 11 is 0. The Morgan fingerprint density at radius 1 is 1.14 bits per heavy atom. The van der Waals surface area contributed by atoms with Gasteiger partial charge in [-0.3, -0.25) is 14.4 Å². The number of hydrogen-bond donors (Lipinski definition) is 0. The number of piperidine rings is 1. The van der Waals surface area contributed by atoms with E-state index in [-0.39, 0.29) is 41.8 Å². The molecule has 160 valence electrons. The molecule has 1 fully saturated rings. The number of ketones is 2. The third-order valence-electron chi connectivity index (χ3n) is 5.92. The maximum atomic E-state index is 12.8. The monoisotopic (exact) mass is 403 g/mol. The van der Waals surface area contributed by atoms with Crippen molar-refractivity contribution in [3.63, 3.8) is 0 Å². The lowest BCUT2D eigenvalue weighted by Gasteiger charge is -2.31. The maximum absolute atomic E-state index is 12.8. The van der Waals surface area contributed by atoms with Crippen LogP contribution in [0.15, 0.2) is 18.2 Å². The number of amides is 1. The largest absolute Gasteiger partial charge is 0.493 e. The van der Waals surface area contributed by atoms with Crippen LogP contribution in [0.5, 0.6) is 11.5 Å². The number of hydrogen-bond acceptors (Lipinski definition) is 5. The van der Waals surface area contributed by atoms with Crippen molar-refractivity contribution in [1.29, 1.82) is 0 Å². The van der Waals surface area contributed by atoms with Crippen LogP contribution in [0.3, 0.4) is 0 Å². The van der Waals surface area contributed by atoms with Crippen LogP contribution < -0.4 is 9.47 Å². The van der Waals surface area contributed by atoms with E-state index in [1.807, 2.05) is 18.7 Å². The van der Waals surface area contributed by atoms with Gasteiger partial charge in [0.15, 0.2) is 17.3 Å². The minimum absolute atomic E-state index is 0.00792. The van der Waals surface area contributed by atoms with Crippen LogP contribution in [-0.2, 0) is 9.59 Å². The quantitative estimate of drug-likeness (QED) is 0.585. The number of benzene rings is 1. The number of methoxy groups -OCH3 is 1. The Labute approximate surface area is 173 Å². The van der Waals surface area contributed by atoms with E-state index in [0.717, 1.165) is 19.3 Å². The summed E-state index contributed by atoms with van der Waals surface area (Å²) < 4.78 is 11.5. The molecule has 1 aliphatic rings. The Morgan fingerprint density at radius 2 is 1.79 bits per heavy atom. The summed E-state index contributed by atoms with van der Waals surface area (Å²) in [5.74, 6) is 1.08. The van der Waals surface area contributed by atoms with Gasteiger partial charge in [0, 0.05) is 50.8 Å². The first-order valence-electron chi connectivity index (χ1n) is 10.4. The van der Waals surface area contributed by atoms with Crippen molar-refractivity contribution in [3.05, 3.63) is 23.8 Å². The van der Waals surface area contributed by atoms with Crippen molar-refractivity contribution in [3.8, 4) is 11.5 Å². The Morgan fingerprint density at radius 3 is 2.31 bits per heavy atom. The van der Waals surface area contributed by atoms with E-state index in [4.69, 9.17) is 9.47 Å². The van der Waals surface area contributed by atoms with E-state index >= 15 is 0 Å². The first kappa shape index (κ1) is 22.9. The van der Waals surface area contributed by atoms with Crippen LogP contribution in [0.2, 0.25) is 0 Å². The van der Waals surface area contributed by atoms with Gasteiger partial charge in [-0.1, -0.05) is 20.3 Å². The van der Waals surface area contributed by atoms with Gasteiger partial charge in [-0.25, -0.2) is 0 Å². The van der Waals surface area contributed by atoms with Gasteiger partial charge in [-0.2, -0.15) is 0 Å². The highest BCUT2D eigenvalue weighted by Crippen LogP contribution is 2.32. The Balaban J connectivity index is 2.07. The van der Waals surface area contributed by atoms with Crippen LogP contribution >= 0.6 is 0 Å². The van der Waals surface area contributed by atoms with Gasteiger partial charge in [-0.05, 0) is 31.0 Å². The van der Waals surface area contributed by atoms with Crippen LogP contribution in [0.1, 0.15) is 63.7 Å². The second kappa shape index (κ2) is 10.4. The Hall–Kier alpha value is -2.37. The number of nitrogens with zero attached hydrogens (tertiary/aromatic N) is 1. The molecule has 0 bridgehead atoms. The van der Waals surface area contributed by atoms with E-state index in [2.05, 4.69) is 0 Å². The summed E-state index contributed by atoms with van der Waals surface area (Å²) in [4.78, 5) is 38.0. The van der Waals surface area contributed by atoms with Crippen molar-refractivity contribution < 1.29 is 23.9 Å². The Kier molecular flexibility index (Phi) is 8.23. The highest BCUT2D eigenvalue weighted by molar-refractivity contribution is 5.99. The molecule has 0 aromatic heterocycles. The lowest BCUT2D eigenvalue weighted by Crippen LogP contribution is -2.40. The average molecular weight is 404 g/mol. The molecule has 0 aliphatic carbocycles. The fourth-order valence-electron chi connectivity index (χ4n) is 3.75. The minimum atomic E-state index is -0.263. The first-order chi connectivity index (χ1) is 13.8. The third-order valence-corrected chi connectivity index (χ3v) is 5.92. The van der Waals surface area contributed by atoms with Crippen molar-refractivity contribution in [2.24, 2.45) is 11.8 Å². The predicted octanol–water partition coefficient (Wildman–Crippen LogP) is 3.91. The van der Waals surface area contributed by atoms with Gasteiger partial charge < -0.3 is 14.4 Å². The van der Waals surface area contributed by atoms with Crippen molar-refractivity contribution in [2.75, 3.05) is 20.2 Å². The number of ether oxygens (including phenoxy) is 2. The normalized spacial score (nSPS) is 16.8. The summed E-state index contributed by atoms with van der Waals surface area (Å²) in [5, 5.41) is 0. The van der Waals surface area contributed by atoms with Crippen LogP contribution in [0, 0.1) is 11.8 Å². The standard InChI is InChI=1S/C23H33NO5/c1-6-15(2)20(16(3)25)14-21(27)18-7-8-22(23(13-18)28-5)29-19-9-11-24(12-10-19)17(4)26/h7-8,13,15,19-20H,6,9-12,14H2,1-5H3/t15-,20-/m0/s1. The van der Waals surface area contributed by atoms with E-state index in [1.54, 1.807) is 39.2 Å². The van der Waals surface area contributed by atoms with Crippen LogP contribution in [0.25, 0.3) is 0 Å². The zero-order valence-electron chi connectivity index (χ0n) is 18.2. The second-order valence-corrected chi connectivity index (χ2v) is 7.92. The molecule has 29 heavy (non-hydrogen) atoms. The van der Waals surface area contributed by atoms with E-state index < -0.39 is 0 Å². The molecule has 0 saturated carbocycles. The zero-order chi connectivity index (χ0) is 21.6. The van der Waals surface area contributed by atoms with E-state index in [0.29, 0.717) is 30.2 Å². The number of rotatable bonds is 9. The van der Waals surface area contributed by atoms with Gasteiger partial charge in [0.2, 0.25) is 5.91 Å². The van der Waals surface area contributed by atoms with Gasteiger partial charge in [-0.15, -0.1) is 0 Å². The summed E-state index contributed by atoms with van der Waals surface area (Å²) in [6.07, 6.45) is 2.60. The predicted molar refractivity (Wildman–Crippen MR) is 111 cm³/mol. The van der Waals surface area contributed by atoms with Crippen LogP contribution in [-0.4, -0.2) is 48.7 Å². The molecule has 2 atom stereocenters. The molecular formula is C23H33NO5. The molecule has 6 nitrogen and oxygen atoms in total. The molecule has 1 aromatic rings. The SMILES string of the molecule is CC[C@H](C)[C@H](CC(=O)c1ccc(OC2CCN(C(C)=O)CC2)c(OC)c1)C(C)=O. The molecule has 0 N–H and O–H groups in total. The summed E-state index contributed by atoms with van der Waals surface area (Å²) in [6.45, 7) is 8.54. The summed E-state index contributed by atoms with van der Waals surface area (Å²) in [6, 6.07) is 5.18. The van der Waals surface area contributed by atoms with Crippen molar-refractivity contribution >= 4 is 17.5 Å². The molecule has 6 heteroatoms. The lowest BCUT2D eigenvalue weighted by atomic mass is 9.83. The number of likely N-dealkylation sites (tertiary alicyclic amines) is 1. The third kappa shape index (κ3) is 6.05. The molecule has 0 radical (unpaired) electrons. The molecule has 1 aliphatic heterocycles. The minimum Gasteiger partial charge on any atom is -0.493 e. The Bertz CT molecular complexity index is 737.